The number of rotatable bonds is 3. The lowest BCUT2D eigenvalue weighted by molar-refractivity contribution is -0.642. The Morgan fingerprint density at radius 1 is 1.25 bits per heavy atom. The van der Waals surface area contributed by atoms with Gasteiger partial charge in [-0.05, 0) is 25.1 Å². The Morgan fingerprint density at radius 2 is 2.08 bits per heavy atom. The lowest BCUT2D eigenvalue weighted by atomic mass is 10.3. The van der Waals surface area contributed by atoms with Crippen LogP contribution >= 0.6 is 11.3 Å². The highest BCUT2D eigenvalue weighted by atomic mass is 32.1. The summed E-state index contributed by atoms with van der Waals surface area (Å²) in [6.45, 7) is 2.68. The Hall–Kier alpha value is -2.53. The minimum Gasteiger partial charge on any atom is -0.494 e. The predicted octanol–water partition coefficient (Wildman–Crippen LogP) is 3.95. The first-order valence-electron chi connectivity index (χ1n) is 7.95. The highest BCUT2D eigenvalue weighted by Gasteiger charge is 2.25. The van der Waals surface area contributed by atoms with Crippen molar-refractivity contribution >= 4 is 33.3 Å². The van der Waals surface area contributed by atoms with Gasteiger partial charge in [0, 0.05) is 19.2 Å². The quantitative estimate of drug-likeness (QED) is 0.676. The lowest BCUT2D eigenvalue weighted by Gasteiger charge is -2.09. The molecule has 0 N–H and O–H groups in total. The summed E-state index contributed by atoms with van der Waals surface area (Å²) in [5.41, 5.74) is 2.28. The molecule has 0 radical (unpaired) electrons. The van der Waals surface area contributed by atoms with Crippen LogP contribution in [-0.4, -0.2) is 13.7 Å². The SMILES string of the molecule is CCOc1ccc2c(c1)sc(/C=C1\Oc3ccccc3N1C)[n+]2C. The van der Waals surface area contributed by atoms with Gasteiger partial charge in [0.1, 0.15) is 17.5 Å². The Labute approximate surface area is 145 Å². The molecule has 1 aromatic heterocycles. The molecular formula is C19H19N2O2S+. The zero-order valence-electron chi connectivity index (χ0n) is 13.9. The van der Waals surface area contributed by atoms with E-state index >= 15 is 0 Å². The number of anilines is 1. The number of para-hydroxylation sites is 2. The average molecular weight is 339 g/mol. The van der Waals surface area contributed by atoms with Crippen LogP contribution in [0.4, 0.5) is 5.69 Å². The van der Waals surface area contributed by atoms with Crippen LogP contribution in [0.3, 0.4) is 0 Å². The zero-order chi connectivity index (χ0) is 16.7. The van der Waals surface area contributed by atoms with Gasteiger partial charge in [0.15, 0.2) is 5.75 Å². The van der Waals surface area contributed by atoms with Gasteiger partial charge in [0.25, 0.3) is 5.01 Å². The van der Waals surface area contributed by atoms with Crippen LogP contribution in [0.25, 0.3) is 16.3 Å². The van der Waals surface area contributed by atoms with E-state index in [2.05, 4.69) is 40.8 Å². The topological polar surface area (TPSA) is 25.6 Å². The van der Waals surface area contributed by atoms with Gasteiger partial charge in [-0.3, -0.25) is 0 Å². The fourth-order valence-corrected chi connectivity index (χ4v) is 3.99. The van der Waals surface area contributed by atoms with E-state index in [1.54, 1.807) is 11.3 Å². The summed E-state index contributed by atoms with van der Waals surface area (Å²) < 4.78 is 15.0. The molecule has 3 aromatic rings. The first-order valence-corrected chi connectivity index (χ1v) is 8.76. The summed E-state index contributed by atoms with van der Waals surface area (Å²) in [4.78, 5) is 2.07. The van der Waals surface area contributed by atoms with Crippen molar-refractivity contribution in [2.24, 2.45) is 7.05 Å². The van der Waals surface area contributed by atoms with Crippen molar-refractivity contribution in [2.45, 2.75) is 6.92 Å². The molecular weight excluding hydrogens is 320 g/mol. The van der Waals surface area contributed by atoms with E-state index in [4.69, 9.17) is 9.47 Å². The fraction of sp³-hybridized carbons (Fsp3) is 0.211. The molecule has 122 valence electrons. The zero-order valence-corrected chi connectivity index (χ0v) is 14.8. The predicted molar refractivity (Wildman–Crippen MR) is 97.6 cm³/mol. The molecule has 1 aliphatic rings. The number of aromatic nitrogens is 1. The van der Waals surface area contributed by atoms with E-state index in [9.17, 15) is 0 Å². The Morgan fingerprint density at radius 3 is 2.88 bits per heavy atom. The molecule has 0 spiro atoms. The minimum absolute atomic E-state index is 0.677. The van der Waals surface area contributed by atoms with Gasteiger partial charge >= 0.3 is 0 Å². The third kappa shape index (κ3) is 2.41. The Bertz CT molecular complexity index is 946. The summed E-state index contributed by atoms with van der Waals surface area (Å²) >= 11 is 1.73. The van der Waals surface area contributed by atoms with E-state index in [1.165, 1.54) is 10.2 Å². The van der Waals surface area contributed by atoms with Gasteiger partial charge in [-0.2, -0.15) is 4.57 Å². The van der Waals surface area contributed by atoms with Crippen molar-refractivity contribution in [1.29, 1.82) is 0 Å². The second-order valence-electron chi connectivity index (χ2n) is 5.67. The third-order valence-corrected chi connectivity index (χ3v) is 5.32. The van der Waals surface area contributed by atoms with E-state index in [-0.39, 0.29) is 0 Å². The standard InChI is InChI=1S/C19H19N2O2S/c1-4-22-13-9-10-15-17(11-13)24-19(21(15)3)12-18-20(2)14-7-5-6-8-16(14)23-18/h5-12H,4H2,1-3H3/q+1. The van der Waals surface area contributed by atoms with Crippen LogP contribution in [-0.2, 0) is 7.05 Å². The molecule has 5 heteroatoms. The molecule has 0 aliphatic carbocycles. The number of hydrogen-bond acceptors (Lipinski definition) is 4. The number of aryl methyl sites for hydroxylation is 1. The summed E-state index contributed by atoms with van der Waals surface area (Å²) in [6.07, 6.45) is 2.09. The highest BCUT2D eigenvalue weighted by molar-refractivity contribution is 7.18. The molecule has 2 heterocycles. The van der Waals surface area contributed by atoms with Crippen molar-refractivity contribution in [2.75, 3.05) is 18.6 Å². The van der Waals surface area contributed by atoms with Gasteiger partial charge in [-0.25, -0.2) is 0 Å². The molecule has 4 nitrogen and oxygen atoms in total. The van der Waals surface area contributed by atoms with Crippen molar-refractivity contribution in [3.8, 4) is 11.5 Å². The van der Waals surface area contributed by atoms with E-state index in [0.717, 1.165) is 28.1 Å². The molecule has 0 amide bonds. The van der Waals surface area contributed by atoms with Crippen molar-refractivity contribution in [3.05, 3.63) is 53.4 Å². The van der Waals surface area contributed by atoms with E-state index in [0.29, 0.717) is 6.61 Å². The molecule has 0 saturated carbocycles. The maximum Gasteiger partial charge on any atom is 0.267 e. The van der Waals surface area contributed by atoms with Gasteiger partial charge in [-0.1, -0.05) is 23.5 Å². The molecule has 0 atom stereocenters. The van der Waals surface area contributed by atoms with Gasteiger partial charge in [0.2, 0.25) is 11.4 Å². The normalized spacial score (nSPS) is 15.0. The Kier molecular flexibility index (Phi) is 3.65. The molecule has 24 heavy (non-hydrogen) atoms. The maximum absolute atomic E-state index is 5.99. The highest BCUT2D eigenvalue weighted by Crippen LogP contribution is 2.38. The molecule has 4 rings (SSSR count). The van der Waals surface area contributed by atoms with Crippen molar-refractivity contribution < 1.29 is 14.0 Å². The minimum atomic E-state index is 0.677. The van der Waals surface area contributed by atoms with Crippen LogP contribution in [0.2, 0.25) is 0 Å². The van der Waals surface area contributed by atoms with Crippen LogP contribution in [0, 0.1) is 0 Å². The van der Waals surface area contributed by atoms with Gasteiger partial charge in [-0.15, -0.1) is 0 Å². The smallest absolute Gasteiger partial charge is 0.267 e. The molecule has 0 fully saturated rings. The van der Waals surface area contributed by atoms with Crippen molar-refractivity contribution in [3.63, 3.8) is 0 Å². The van der Waals surface area contributed by atoms with Gasteiger partial charge in [0.05, 0.1) is 18.4 Å². The van der Waals surface area contributed by atoms with Crippen LogP contribution in [0.1, 0.15) is 11.9 Å². The number of ether oxygens (including phenoxy) is 2. The molecule has 2 aromatic carbocycles. The van der Waals surface area contributed by atoms with Crippen LogP contribution in [0.15, 0.2) is 48.3 Å². The third-order valence-electron chi connectivity index (χ3n) is 4.17. The number of benzene rings is 2. The second-order valence-corrected chi connectivity index (χ2v) is 6.74. The molecule has 0 bridgehead atoms. The summed E-state index contributed by atoms with van der Waals surface area (Å²) in [5.74, 6) is 2.64. The fourth-order valence-electron chi connectivity index (χ4n) is 2.89. The average Bonchev–Trinajstić information content (AvgIpc) is 3.06. The molecule has 0 saturated heterocycles. The lowest BCUT2D eigenvalue weighted by Crippen LogP contribution is -2.29. The summed E-state index contributed by atoms with van der Waals surface area (Å²) in [7, 11) is 4.10. The number of thiazole rings is 1. The van der Waals surface area contributed by atoms with Crippen LogP contribution in [0.5, 0.6) is 11.5 Å². The number of nitrogens with zero attached hydrogens (tertiary/aromatic N) is 2. The number of hydrogen-bond donors (Lipinski definition) is 0. The van der Waals surface area contributed by atoms with Gasteiger partial charge < -0.3 is 14.4 Å². The van der Waals surface area contributed by atoms with E-state index in [1.807, 2.05) is 38.2 Å². The van der Waals surface area contributed by atoms with Crippen LogP contribution < -0.4 is 18.9 Å². The summed E-state index contributed by atoms with van der Waals surface area (Å²) in [5, 5.41) is 1.13. The van der Waals surface area contributed by atoms with E-state index < -0.39 is 0 Å². The Balaban J connectivity index is 1.74. The maximum atomic E-state index is 5.99. The number of fused-ring (bicyclic) bond motifs is 2. The molecule has 1 aliphatic heterocycles. The first kappa shape index (κ1) is 15.0. The largest absolute Gasteiger partial charge is 0.494 e. The summed E-state index contributed by atoms with van der Waals surface area (Å²) in [6, 6.07) is 14.3. The molecule has 0 unspecified atom stereocenters. The monoisotopic (exact) mass is 339 g/mol. The van der Waals surface area contributed by atoms with Crippen molar-refractivity contribution in [1.82, 2.24) is 0 Å². The first-order chi connectivity index (χ1) is 11.7. The second kappa shape index (κ2) is 5.83.